The quantitative estimate of drug-likeness (QED) is 0.211. The van der Waals surface area contributed by atoms with Crippen LogP contribution in [0.15, 0.2) is 58.1 Å². The van der Waals surface area contributed by atoms with Crippen molar-refractivity contribution in [2.75, 3.05) is 34.4 Å². The summed E-state index contributed by atoms with van der Waals surface area (Å²) in [6, 6.07) is 14.8. The molecule has 1 aliphatic rings. The molecule has 0 spiro atoms. The molecule has 3 aromatic heterocycles. The van der Waals surface area contributed by atoms with Gasteiger partial charge in [-0.3, -0.25) is 9.79 Å². The Labute approximate surface area is 249 Å². The minimum absolute atomic E-state index is 0.0390. The average Bonchev–Trinajstić information content (AvgIpc) is 3.77. The lowest BCUT2D eigenvalue weighted by Gasteiger charge is -2.14. The summed E-state index contributed by atoms with van der Waals surface area (Å²) in [7, 11) is 4.78. The zero-order chi connectivity index (χ0) is 29.4. The lowest BCUT2D eigenvalue weighted by molar-refractivity contribution is 0.0812. The molecule has 13 heteroatoms. The van der Waals surface area contributed by atoms with Gasteiger partial charge in [-0.2, -0.15) is 5.26 Å². The van der Waals surface area contributed by atoms with Gasteiger partial charge in [0.2, 0.25) is 4.96 Å². The monoisotopic (exact) mass is 602 g/mol. The molecule has 5 aromatic rings. The van der Waals surface area contributed by atoms with Crippen molar-refractivity contribution in [3.63, 3.8) is 0 Å². The SMILES string of the molecule is COc1cc(OCC2N=C(c3ccc(C(=O)N(C)CC#N)cc3)SC2C)c2cc(-c3cn4nc(OC)sc4n3)oc2c1. The van der Waals surface area contributed by atoms with Gasteiger partial charge in [-0.1, -0.05) is 19.1 Å². The largest absolute Gasteiger partial charge is 0.496 e. The molecule has 2 unspecified atom stereocenters. The van der Waals surface area contributed by atoms with E-state index in [0.717, 1.165) is 16.0 Å². The molecular formula is C29H26N6O5S2. The number of benzene rings is 2. The molecule has 11 nitrogen and oxygen atoms in total. The van der Waals surface area contributed by atoms with Crippen LogP contribution in [0.4, 0.5) is 0 Å². The molecular weight excluding hydrogens is 576 g/mol. The number of rotatable bonds is 9. The number of amides is 1. The zero-order valence-electron chi connectivity index (χ0n) is 23.2. The van der Waals surface area contributed by atoms with E-state index in [-0.39, 0.29) is 23.7 Å². The fourth-order valence-corrected chi connectivity index (χ4v) is 6.33. The van der Waals surface area contributed by atoms with Crippen LogP contribution < -0.4 is 14.2 Å². The molecule has 0 fully saturated rings. The third-order valence-corrected chi connectivity index (χ3v) is 8.96. The van der Waals surface area contributed by atoms with Crippen LogP contribution in [-0.4, -0.2) is 76.2 Å². The number of hydrogen-bond donors (Lipinski definition) is 0. The Morgan fingerprint density at radius 2 is 2.00 bits per heavy atom. The molecule has 214 valence electrons. The second-order valence-corrected chi connectivity index (χ2v) is 11.9. The predicted molar refractivity (Wildman–Crippen MR) is 161 cm³/mol. The number of nitrogens with zero attached hydrogens (tertiary/aromatic N) is 6. The summed E-state index contributed by atoms with van der Waals surface area (Å²) in [5.74, 6) is 1.64. The third-order valence-electron chi connectivity index (χ3n) is 6.83. The molecule has 0 saturated heterocycles. The molecule has 1 amide bonds. The van der Waals surface area contributed by atoms with Gasteiger partial charge >= 0.3 is 0 Å². The molecule has 0 bridgehead atoms. The zero-order valence-corrected chi connectivity index (χ0v) is 24.9. The van der Waals surface area contributed by atoms with Crippen LogP contribution in [0.2, 0.25) is 0 Å². The molecule has 1 aliphatic heterocycles. The van der Waals surface area contributed by atoms with Crippen LogP contribution in [0, 0.1) is 11.3 Å². The maximum atomic E-state index is 12.5. The molecule has 6 rings (SSSR count). The second kappa shape index (κ2) is 11.4. The van der Waals surface area contributed by atoms with Crippen molar-refractivity contribution >= 4 is 50.0 Å². The van der Waals surface area contributed by atoms with Gasteiger partial charge in [0.1, 0.15) is 35.9 Å². The van der Waals surface area contributed by atoms with Gasteiger partial charge in [-0.15, -0.1) is 16.9 Å². The van der Waals surface area contributed by atoms with Crippen LogP contribution in [0.5, 0.6) is 16.7 Å². The summed E-state index contributed by atoms with van der Waals surface area (Å²) >= 11 is 3.02. The molecule has 0 saturated carbocycles. The highest BCUT2D eigenvalue weighted by atomic mass is 32.2. The Morgan fingerprint density at radius 3 is 2.71 bits per heavy atom. The van der Waals surface area contributed by atoms with E-state index in [2.05, 4.69) is 17.0 Å². The number of nitriles is 1. The average molecular weight is 603 g/mol. The van der Waals surface area contributed by atoms with Crippen molar-refractivity contribution in [2.45, 2.75) is 18.2 Å². The summed E-state index contributed by atoms with van der Waals surface area (Å²) in [4.78, 5) is 24.1. The highest BCUT2D eigenvalue weighted by molar-refractivity contribution is 8.15. The fourth-order valence-electron chi connectivity index (χ4n) is 4.51. The lowest BCUT2D eigenvalue weighted by atomic mass is 10.1. The Kier molecular flexibility index (Phi) is 7.49. The van der Waals surface area contributed by atoms with Crippen LogP contribution in [0.3, 0.4) is 0 Å². The summed E-state index contributed by atoms with van der Waals surface area (Å²) in [5.41, 5.74) is 2.73. The van der Waals surface area contributed by atoms with Crippen molar-refractivity contribution < 1.29 is 23.4 Å². The second-order valence-electron chi connectivity index (χ2n) is 9.61. The van der Waals surface area contributed by atoms with Gasteiger partial charge in [0.25, 0.3) is 11.1 Å². The maximum Gasteiger partial charge on any atom is 0.294 e. The number of carbonyl (C=O) groups is 1. The number of fused-ring (bicyclic) bond motifs is 2. The van der Waals surface area contributed by atoms with E-state index < -0.39 is 0 Å². The van der Waals surface area contributed by atoms with Gasteiger partial charge in [0.05, 0.1) is 43.0 Å². The number of methoxy groups -OCH3 is 2. The lowest BCUT2D eigenvalue weighted by Crippen LogP contribution is -2.26. The molecule has 2 atom stereocenters. The van der Waals surface area contributed by atoms with Crippen LogP contribution in [0.25, 0.3) is 27.4 Å². The Morgan fingerprint density at radius 1 is 1.19 bits per heavy atom. The van der Waals surface area contributed by atoms with Crippen LogP contribution >= 0.6 is 23.1 Å². The minimum atomic E-state index is -0.194. The number of aromatic nitrogens is 3. The molecule has 2 aromatic carbocycles. The van der Waals surface area contributed by atoms with Crippen LogP contribution in [0.1, 0.15) is 22.8 Å². The number of aliphatic imine (C=N–C) groups is 1. The summed E-state index contributed by atoms with van der Waals surface area (Å²) < 4.78 is 24.8. The van der Waals surface area contributed by atoms with E-state index in [1.807, 2.05) is 36.4 Å². The van der Waals surface area contributed by atoms with Crippen LogP contribution in [-0.2, 0) is 0 Å². The van der Waals surface area contributed by atoms with E-state index >= 15 is 0 Å². The minimum Gasteiger partial charge on any atom is -0.496 e. The third kappa shape index (κ3) is 5.26. The van der Waals surface area contributed by atoms with Gasteiger partial charge in [-0.05, 0) is 29.5 Å². The van der Waals surface area contributed by atoms with Gasteiger partial charge in [-0.25, -0.2) is 9.50 Å². The summed E-state index contributed by atoms with van der Waals surface area (Å²) in [6.07, 6.45) is 1.80. The maximum absolute atomic E-state index is 12.5. The number of hydrogen-bond acceptors (Lipinski definition) is 11. The van der Waals surface area contributed by atoms with E-state index in [9.17, 15) is 4.79 Å². The first-order valence-corrected chi connectivity index (χ1v) is 14.7. The van der Waals surface area contributed by atoms with Gasteiger partial charge < -0.3 is 23.5 Å². The van der Waals surface area contributed by atoms with E-state index in [0.29, 0.717) is 50.9 Å². The van der Waals surface area contributed by atoms with E-state index in [1.54, 1.807) is 55.9 Å². The van der Waals surface area contributed by atoms with Crippen molar-refractivity contribution in [1.29, 1.82) is 5.26 Å². The smallest absolute Gasteiger partial charge is 0.294 e. The fraction of sp³-hybridized carbons (Fsp3) is 0.276. The summed E-state index contributed by atoms with van der Waals surface area (Å²) in [5, 5.41) is 15.6. The van der Waals surface area contributed by atoms with Crippen molar-refractivity contribution in [3.8, 4) is 34.2 Å². The topological polar surface area (TPSA) is 127 Å². The first kappa shape index (κ1) is 27.6. The first-order valence-electron chi connectivity index (χ1n) is 13.0. The molecule has 4 heterocycles. The Hall–Kier alpha value is -4.54. The van der Waals surface area contributed by atoms with Crippen molar-refractivity contribution in [3.05, 3.63) is 59.8 Å². The predicted octanol–water partition coefficient (Wildman–Crippen LogP) is 5.15. The standard InChI is InChI=1S/C29H26N6O5S2/c1-16-22(31-26(41-16)17-5-7-18(8-6-17)27(36)34(2)10-9-30)15-39-23-11-19(37-3)12-24-20(23)13-25(40-24)21-14-35-28(32-21)42-29(33-35)38-4/h5-8,11-14,16,22H,10,15H2,1-4H3. The highest BCUT2D eigenvalue weighted by Crippen LogP contribution is 2.38. The van der Waals surface area contributed by atoms with Crippen molar-refractivity contribution in [1.82, 2.24) is 19.5 Å². The van der Waals surface area contributed by atoms with Gasteiger partial charge in [0, 0.05) is 35.6 Å². The molecule has 42 heavy (non-hydrogen) atoms. The summed E-state index contributed by atoms with van der Waals surface area (Å²) in [6.45, 7) is 2.52. The number of ether oxygens (including phenoxy) is 3. The number of imidazole rings is 1. The molecule has 0 radical (unpaired) electrons. The normalized spacial score (nSPS) is 16.4. The highest BCUT2D eigenvalue weighted by Gasteiger charge is 2.28. The first-order chi connectivity index (χ1) is 20.4. The Balaban J connectivity index is 1.20. The van der Waals surface area contributed by atoms with E-state index in [4.69, 9.17) is 28.9 Å². The van der Waals surface area contributed by atoms with E-state index in [1.165, 1.54) is 16.2 Å². The Bertz CT molecular complexity index is 1820. The number of furan rings is 1. The molecule has 0 N–H and O–H groups in total. The van der Waals surface area contributed by atoms with Gasteiger partial charge in [0.15, 0.2) is 5.76 Å². The van der Waals surface area contributed by atoms with Crippen molar-refractivity contribution in [2.24, 2.45) is 4.99 Å². The number of thioether (sulfide) groups is 1. The number of carbonyl (C=O) groups excluding carboxylic acids is 1. The molecule has 0 aliphatic carbocycles.